The van der Waals surface area contributed by atoms with Crippen molar-refractivity contribution in [2.24, 2.45) is 0 Å². The second-order valence-corrected chi connectivity index (χ2v) is 4.11. The molecule has 19 heavy (non-hydrogen) atoms. The number of aryl methyl sites for hydroxylation is 1. The maximum atomic E-state index is 11.1. The molecule has 0 saturated carbocycles. The normalized spacial score (nSPS) is 12.4. The summed E-state index contributed by atoms with van der Waals surface area (Å²) in [6, 6.07) is 4.86. The molecule has 0 amide bonds. The van der Waals surface area contributed by atoms with Gasteiger partial charge in [0.25, 0.3) is 11.6 Å². The molecule has 1 N–H and O–H groups in total. The predicted octanol–water partition coefficient (Wildman–Crippen LogP) is 2.40. The van der Waals surface area contributed by atoms with Crippen molar-refractivity contribution in [2.45, 2.75) is 26.4 Å². The number of benzene rings is 1. The smallest absolute Gasteiger partial charge is 0.285 e. The summed E-state index contributed by atoms with van der Waals surface area (Å²) in [5, 5.41) is 24.3. The van der Waals surface area contributed by atoms with Crippen molar-refractivity contribution in [3.63, 3.8) is 0 Å². The Bertz CT molecular complexity index is 609. The Kier molecular flexibility index (Phi) is 3.57. The Labute approximate surface area is 109 Å². The number of aromatic nitrogens is 2. The molecule has 0 radical (unpaired) electrons. The van der Waals surface area contributed by atoms with E-state index in [0.717, 1.165) is 0 Å². The van der Waals surface area contributed by atoms with Crippen LogP contribution >= 0.6 is 0 Å². The number of aliphatic hydroxyl groups is 1. The summed E-state index contributed by atoms with van der Waals surface area (Å²) in [7, 11) is 0. The van der Waals surface area contributed by atoms with Gasteiger partial charge < -0.3 is 9.63 Å². The highest BCUT2D eigenvalue weighted by Gasteiger charge is 2.23. The molecule has 0 bridgehead atoms. The van der Waals surface area contributed by atoms with Crippen molar-refractivity contribution >= 4 is 5.69 Å². The minimum Gasteiger partial charge on any atom is -0.385 e. The summed E-state index contributed by atoms with van der Waals surface area (Å²) in [6.07, 6.45) is -0.393. The van der Waals surface area contributed by atoms with E-state index in [1.165, 1.54) is 0 Å². The highest BCUT2D eigenvalue weighted by Crippen LogP contribution is 2.32. The van der Waals surface area contributed by atoms with Crippen LogP contribution in [0.3, 0.4) is 0 Å². The van der Waals surface area contributed by atoms with Crippen LogP contribution in [0, 0.1) is 17.0 Å². The summed E-state index contributed by atoms with van der Waals surface area (Å²) in [4.78, 5) is 14.6. The van der Waals surface area contributed by atoms with Crippen LogP contribution in [0.15, 0.2) is 22.7 Å². The van der Waals surface area contributed by atoms with Gasteiger partial charge in [0.2, 0.25) is 5.82 Å². The summed E-state index contributed by atoms with van der Waals surface area (Å²) in [6.45, 7) is 3.41. The van der Waals surface area contributed by atoms with Gasteiger partial charge in [0.15, 0.2) is 0 Å². The lowest BCUT2D eigenvalue weighted by Gasteiger charge is -2.01. The molecule has 7 nitrogen and oxygen atoms in total. The van der Waals surface area contributed by atoms with E-state index >= 15 is 0 Å². The van der Waals surface area contributed by atoms with E-state index in [0.29, 0.717) is 12.0 Å². The maximum absolute atomic E-state index is 11.1. The molecule has 0 aliphatic rings. The zero-order chi connectivity index (χ0) is 14.0. The van der Waals surface area contributed by atoms with Gasteiger partial charge in [-0.05, 0) is 19.4 Å². The molecule has 0 aliphatic heterocycles. The largest absolute Gasteiger partial charge is 0.385 e. The quantitative estimate of drug-likeness (QED) is 0.671. The topological polar surface area (TPSA) is 102 Å². The Hall–Kier alpha value is -2.28. The van der Waals surface area contributed by atoms with E-state index in [1.54, 1.807) is 32.0 Å². The van der Waals surface area contributed by atoms with Gasteiger partial charge in [-0.25, -0.2) is 0 Å². The molecular weight excluding hydrogens is 250 g/mol. The van der Waals surface area contributed by atoms with Crippen molar-refractivity contribution < 1.29 is 14.6 Å². The SMILES string of the molecule is CCC(O)c1noc(-c2cccc(C)c2[N+](=O)[O-])n1. The lowest BCUT2D eigenvalue weighted by atomic mass is 10.1. The minimum absolute atomic E-state index is 0.0397. The number of aliphatic hydroxyl groups excluding tert-OH is 1. The van der Waals surface area contributed by atoms with E-state index in [2.05, 4.69) is 10.1 Å². The lowest BCUT2D eigenvalue weighted by molar-refractivity contribution is -0.384. The summed E-state index contributed by atoms with van der Waals surface area (Å²) in [5.41, 5.74) is 0.703. The number of rotatable bonds is 4. The molecule has 0 spiro atoms. The number of nitro groups is 1. The van der Waals surface area contributed by atoms with Crippen molar-refractivity contribution in [3.8, 4) is 11.5 Å². The Balaban J connectivity index is 2.50. The van der Waals surface area contributed by atoms with Gasteiger partial charge >= 0.3 is 0 Å². The van der Waals surface area contributed by atoms with Gasteiger partial charge in [-0.2, -0.15) is 4.98 Å². The molecule has 0 saturated heterocycles. The van der Waals surface area contributed by atoms with Crippen LogP contribution in [0.4, 0.5) is 5.69 Å². The van der Waals surface area contributed by atoms with Crippen molar-refractivity contribution in [1.29, 1.82) is 0 Å². The van der Waals surface area contributed by atoms with Crippen molar-refractivity contribution in [3.05, 3.63) is 39.7 Å². The number of nitro benzene ring substituents is 1. The van der Waals surface area contributed by atoms with Gasteiger partial charge in [-0.3, -0.25) is 10.1 Å². The molecule has 1 heterocycles. The van der Waals surface area contributed by atoms with Crippen molar-refractivity contribution in [1.82, 2.24) is 10.1 Å². The number of hydrogen-bond acceptors (Lipinski definition) is 6. The summed E-state index contributed by atoms with van der Waals surface area (Å²) < 4.78 is 4.99. The zero-order valence-electron chi connectivity index (χ0n) is 10.5. The molecule has 1 atom stereocenters. The predicted molar refractivity (Wildman–Crippen MR) is 66.4 cm³/mol. The number of nitrogens with zero attached hydrogens (tertiary/aromatic N) is 3. The van der Waals surface area contributed by atoms with Crippen LogP contribution in [0.2, 0.25) is 0 Å². The minimum atomic E-state index is -0.832. The van der Waals surface area contributed by atoms with Crippen molar-refractivity contribution in [2.75, 3.05) is 0 Å². The first-order valence-corrected chi connectivity index (χ1v) is 5.80. The van der Waals surface area contributed by atoms with Gasteiger partial charge in [0, 0.05) is 5.56 Å². The van der Waals surface area contributed by atoms with E-state index in [9.17, 15) is 15.2 Å². The maximum Gasteiger partial charge on any atom is 0.285 e. The third kappa shape index (κ3) is 2.45. The monoisotopic (exact) mass is 263 g/mol. The fraction of sp³-hybridized carbons (Fsp3) is 0.333. The number of para-hydroxylation sites is 1. The van der Waals surface area contributed by atoms with Gasteiger partial charge in [0.05, 0.1) is 4.92 Å². The summed E-state index contributed by atoms with van der Waals surface area (Å²) >= 11 is 0. The summed E-state index contributed by atoms with van der Waals surface area (Å²) in [5.74, 6) is 0.172. The second-order valence-electron chi connectivity index (χ2n) is 4.11. The van der Waals surface area contributed by atoms with Crippen LogP contribution < -0.4 is 0 Å². The van der Waals surface area contributed by atoms with Gasteiger partial charge in [-0.1, -0.05) is 24.2 Å². The highest BCUT2D eigenvalue weighted by molar-refractivity contribution is 5.69. The van der Waals surface area contributed by atoms with Crippen LogP contribution in [-0.2, 0) is 0 Å². The number of hydrogen-bond donors (Lipinski definition) is 1. The molecule has 1 aromatic heterocycles. The van der Waals surface area contributed by atoms with E-state index in [4.69, 9.17) is 4.52 Å². The second kappa shape index (κ2) is 5.15. The molecule has 1 aromatic carbocycles. The van der Waals surface area contributed by atoms with E-state index in [1.807, 2.05) is 0 Å². The molecular formula is C12H13N3O4. The fourth-order valence-electron chi connectivity index (χ4n) is 1.74. The van der Waals surface area contributed by atoms with E-state index < -0.39 is 11.0 Å². The molecule has 2 aromatic rings. The third-order valence-electron chi connectivity index (χ3n) is 2.78. The molecule has 1 unspecified atom stereocenters. The molecule has 2 rings (SSSR count). The Morgan fingerprint density at radius 3 is 2.89 bits per heavy atom. The first kappa shape index (κ1) is 13.2. The molecule has 7 heteroatoms. The molecule has 0 fully saturated rings. The first-order chi connectivity index (χ1) is 9.04. The van der Waals surface area contributed by atoms with Crippen LogP contribution in [0.1, 0.15) is 30.8 Å². The molecule has 0 aliphatic carbocycles. The standard InChI is InChI=1S/C12H13N3O4/c1-3-9(16)11-13-12(19-14-11)8-6-4-5-7(2)10(8)15(17)18/h4-6,9,16H,3H2,1-2H3. The van der Waals surface area contributed by atoms with Crippen LogP contribution in [0.25, 0.3) is 11.5 Å². The zero-order valence-corrected chi connectivity index (χ0v) is 10.5. The lowest BCUT2D eigenvalue weighted by Crippen LogP contribution is -1.98. The third-order valence-corrected chi connectivity index (χ3v) is 2.78. The Morgan fingerprint density at radius 2 is 2.26 bits per heavy atom. The Morgan fingerprint density at radius 1 is 1.53 bits per heavy atom. The highest BCUT2D eigenvalue weighted by atomic mass is 16.6. The van der Waals surface area contributed by atoms with Crippen LogP contribution in [-0.4, -0.2) is 20.2 Å². The van der Waals surface area contributed by atoms with Gasteiger partial charge in [0.1, 0.15) is 11.7 Å². The van der Waals surface area contributed by atoms with Gasteiger partial charge in [-0.15, -0.1) is 0 Å². The fourth-order valence-corrected chi connectivity index (χ4v) is 1.74. The molecule has 100 valence electrons. The van der Waals surface area contributed by atoms with E-state index in [-0.39, 0.29) is 23.0 Å². The first-order valence-electron chi connectivity index (χ1n) is 5.80. The average molecular weight is 263 g/mol. The average Bonchev–Trinajstić information content (AvgIpc) is 2.86. The van der Waals surface area contributed by atoms with Crippen LogP contribution in [0.5, 0.6) is 0 Å².